The molecule has 0 fully saturated rings. The third-order valence-corrected chi connectivity index (χ3v) is 2.53. The second kappa shape index (κ2) is 5.82. The Bertz CT molecular complexity index is 279. The van der Waals surface area contributed by atoms with E-state index in [0.717, 1.165) is 17.4 Å². The summed E-state index contributed by atoms with van der Waals surface area (Å²) >= 11 is 1.61. The minimum Gasteiger partial charge on any atom is -0.370 e. The molecule has 1 aromatic rings. The molecule has 1 aromatic heterocycles. The van der Waals surface area contributed by atoms with Crippen molar-refractivity contribution in [2.45, 2.75) is 11.9 Å². The number of hydrogen-bond acceptors (Lipinski definition) is 5. The lowest BCUT2D eigenvalue weighted by molar-refractivity contribution is 0.626. The van der Waals surface area contributed by atoms with Gasteiger partial charge in [-0.3, -0.25) is 0 Å². The molecule has 0 aromatic carbocycles. The summed E-state index contributed by atoms with van der Waals surface area (Å²) in [6.07, 6.45) is 3.57. The van der Waals surface area contributed by atoms with Crippen molar-refractivity contribution >= 4 is 17.6 Å². The van der Waals surface area contributed by atoms with Gasteiger partial charge in [0.2, 0.25) is 0 Å². The molecule has 0 aliphatic rings. The van der Waals surface area contributed by atoms with Gasteiger partial charge in [-0.15, -0.1) is 11.8 Å². The topological polar surface area (TPSA) is 63.8 Å². The lowest BCUT2D eigenvalue weighted by Crippen LogP contribution is -2.20. The number of rotatable bonds is 5. The summed E-state index contributed by atoms with van der Waals surface area (Å²) in [6, 6.07) is 1.94. The Morgan fingerprint density at radius 3 is 3.00 bits per heavy atom. The highest BCUT2D eigenvalue weighted by molar-refractivity contribution is 7.98. The molecule has 0 aliphatic heterocycles. The van der Waals surface area contributed by atoms with Crippen LogP contribution >= 0.6 is 11.8 Å². The van der Waals surface area contributed by atoms with E-state index in [1.807, 2.05) is 12.3 Å². The van der Waals surface area contributed by atoms with E-state index in [-0.39, 0.29) is 0 Å². The number of nitrogens with zero attached hydrogens (tertiary/aromatic N) is 2. The monoisotopic (exact) mass is 212 g/mol. The summed E-state index contributed by atoms with van der Waals surface area (Å²) < 4.78 is 0. The van der Waals surface area contributed by atoms with E-state index >= 15 is 0 Å². The van der Waals surface area contributed by atoms with Crippen LogP contribution < -0.4 is 11.1 Å². The third-order valence-electron chi connectivity index (χ3n) is 1.89. The van der Waals surface area contributed by atoms with Crippen LogP contribution in [-0.4, -0.2) is 29.3 Å². The molecule has 78 valence electrons. The Hall–Kier alpha value is -0.810. The summed E-state index contributed by atoms with van der Waals surface area (Å²) in [5, 5.41) is 4.20. The number of anilines is 1. The van der Waals surface area contributed by atoms with Gasteiger partial charge in [0.25, 0.3) is 0 Å². The first-order chi connectivity index (χ1) is 6.76. The first-order valence-corrected chi connectivity index (χ1v) is 5.78. The lowest BCUT2D eigenvalue weighted by Gasteiger charge is -2.10. The lowest BCUT2D eigenvalue weighted by atomic mass is 10.2. The summed E-state index contributed by atoms with van der Waals surface area (Å²) in [7, 11) is 0. The molecule has 1 rings (SSSR count). The van der Waals surface area contributed by atoms with Crippen molar-refractivity contribution in [3.63, 3.8) is 0 Å². The van der Waals surface area contributed by atoms with Gasteiger partial charge in [-0.1, -0.05) is 6.92 Å². The average molecular weight is 212 g/mol. The molecule has 0 radical (unpaired) electrons. The average Bonchev–Trinajstić information content (AvgIpc) is 2.26. The third kappa shape index (κ3) is 3.51. The van der Waals surface area contributed by atoms with E-state index in [2.05, 4.69) is 22.2 Å². The molecule has 4 nitrogen and oxygen atoms in total. The summed E-state index contributed by atoms with van der Waals surface area (Å²) in [5.74, 6) is 1.33. The number of hydrogen-bond donors (Lipinski definition) is 2. The second-order valence-electron chi connectivity index (χ2n) is 3.17. The minimum atomic E-state index is 0.461. The van der Waals surface area contributed by atoms with Crippen molar-refractivity contribution < 1.29 is 0 Å². The van der Waals surface area contributed by atoms with E-state index in [1.165, 1.54) is 0 Å². The van der Waals surface area contributed by atoms with Crippen molar-refractivity contribution in [2.24, 2.45) is 11.7 Å². The van der Waals surface area contributed by atoms with E-state index < -0.39 is 0 Å². The molecule has 0 spiro atoms. The van der Waals surface area contributed by atoms with Gasteiger partial charge in [0.15, 0.2) is 0 Å². The fraction of sp³-hybridized carbons (Fsp3) is 0.556. The fourth-order valence-corrected chi connectivity index (χ4v) is 1.29. The normalized spacial score (nSPS) is 12.5. The largest absolute Gasteiger partial charge is 0.370 e. The Kier molecular flexibility index (Phi) is 4.69. The maximum absolute atomic E-state index is 5.52. The SMILES string of the molecule is CSc1cc(NCC(C)CN)ncn1. The first kappa shape index (κ1) is 11.3. The first-order valence-electron chi connectivity index (χ1n) is 4.56. The molecule has 1 heterocycles. The molecular weight excluding hydrogens is 196 g/mol. The predicted octanol–water partition coefficient (Wildman–Crippen LogP) is 1.21. The Morgan fingerprint density at radius 2 is 2.36 bits per heavy atom. The Balaban J connectivity index is 2.50. The van der Waals surface area contributed by atoms with Crippen LogP contribution in [0.3, 0.4) is 0 Å². The van der Waals surface area contributed by atoms with Crippen LogP contribution in [0.5, 0.6) is 0 Å². The van der Waals surface area contributed by atoms with Crippen molar-refractivity contribution in [1.82, 2.24) is 9.97 Å². The highest BCUT2D eigenvalue weighted by Crippen LogP contribution is 2.13. The van der Waals surface area contributed by atoms with Crippen LogP contribution in [0, 0.1) is 5.92 Å². The number of thioether (sulfide) groups is 1. The zero-order valence-electron chi connectivity index (χ0n) is 8.53. The van der Waals surface area contributed by atoms with E-state index in [0.29, 0.717) is 12.5 Å². The smallest absolute Gasteiger partial charge is 0.130 e. The number of nitrogens with two attached hydrogens (primary N) is 1. The predicted molar refractivity (Wildman–Crippen MR) is 60.5 cm³/mol. The second-order valence-corrected chi connectivity index (χ2v) is 3.99. The number of nitrogens with one attached hydrogen (secondary N) is 1. The molecule has 0 bridgehead atoms. The van der Waals surface area contributed by atoms with Crippen LogP contribution in [-0.2, 0) is 0 Å². The summed E-state index contributed by atoms with van der Waals surface area (Å²) in [5.41, 5.74) is 5.52. The molecule has 1 atom stereocenters. The highest BCUT2D eigenvalue weighted by atomic mass is 32.2. The van der Waals surface area contributed by atoms with Crippen LogP contribution in [0.2, 0.25) is 0 Å². The van der Waals surface area contributed by atoms with Crippen molar-refractivity contribution in [1.29, 1.82) is 0 Å². The van der Waals surface area contributed by atoms with Gasteiger partial charge in [0, 0.05) is 12.6 Å². The highest BCUT2D eigenvalue weighted by Gasteiger charge is 2.00. The Morgan fingerprint density at radius 1 is 1.57 bits per heavy atom. The van der Waals surface area contributed by atoms with E-state index in [4.69, 9.17) is 5.73 Å². The molecule has 3 N–H and O–H groups in total. The fourth-order valence-electron chi connectivity index (χ4n) is 0.910. The van der Waals surface area contributed by atoms with Crippen LogP contribution in [0.25, 0.3) is 0 Å². The van der Waals surface area contributed by atoms with Gasteiger partial charge in [0.05, 0.1) is 0 Å². The van der Waals surface area contributed by atoms with Crippen molar-refractivity contribution in [3.8, 4) is 0 Å². The molecule has 1 unspecified atom stereocenters. The molecule has 14 heavy (non-hydrogen) atoms. The molecular formula is C9H16N4S. The van der Waals surface area contributed by atoms with E-state index in [9.17, 15) is 0 Å². The molecule has 0 saturated carbocycles. The van der Waals surface area contributed by atoms with Crippen molar-refractivity contribution in [3.05, 3.63) is 12.4 Å². The van der Waals surface area contributed by atoms with Gasteiger partial charge in [-0.05, 0) is 18.7 Å². The van der Waals surface area contributed by atoms with Gasteiger partial charge in [0.1, 0.15) is 17.2 Å². The quantitative estimate of drug-likeness (QED) is 0.567. The van der Waals surface area contributed by atoms with Crippen molar-refractivity contribution in [2.75, 3.05) is 24.7 Å². The summed E-state index contributed by atoms with van der Waals surface area (Å²) in [4.78, 5) is 8.21. The molecule has 0 amide bonds. The Labute approximate surface area is 88.7 Å². The molecule has 0 aliphatic carbocycles. The van der Waals surface area contributed by atoms with Gasteiger partial charge < -0.3 is 11.1 Å². The zero-order chi connectivity index (χ0) is 10.4. The van der Waals surface area contributed by atoms with Crippen LogP contribution in [0.15, 0.2) is 17.4 Å². The maximum atomic E-state index is 5.52. The maximum Gasteiger partial charge on any atom is 0.130 e. The van der Waals surface area contributed by atoms with Crippen LogP contribution in [0.1, 0.15) is 6.92 Å². The van der Waals surface area contributed by atoms with E-state index in [1.54, 1.807) is 18.1 Å². The van der Waals surface area contributed by atoms with Gasteiger partial charge in [-0.25, -0.2) is 9.97 Å². The molecule has 5 heteroatoms. The summed E-state index contributed by atoms with van der Waals surface area (Å²) in [6.45, 7) is 3.64. The van der Waals surface area contributed by atoms with Gasteiger partial charge in [-0.2, -0.15) is 0 Å². The zero-order valence-corrected chi connectivity index (χ0v) is 9.34. The van der Waals surface area contributed by atoms with Crippen LogP contribution in [0.4, 0.5) is 5.82 Å². The minimum absolute atomic E-state index is 0.461. The number of aromatic nitrogens is 2. The standard InChI is InChI=1S/C9H16N4S/c1-7(4-10)5-11-8-3-9(14-2)13-6-12-8/h3,6-7H,4-5,10H2,1-2H3,(H,11,12,13). The van der Waals surface area contributed by atoms with Gasteiger partial charge >= 0.3 is 0 Å². The molecule has 0 saturated heterocycles.